The molecule has 128 valence electrons. The highest BCUT2D eigenvalue weighted by Gasteiger charge is 2.06. The highest BCUT2D eigenvalue weighted by molar-refractivity contribution is 5.79. The number of para-hydroxylation sites is 1. The first-order valence-corrected chi connectivity index (χ1v) is 8.30. The second kappa shape index (κ2) is 8.15. The maximum atomic E-state index is 4.71. The molecule has 0 fully saturated rings. The van der Waals surface area contributed by atoms with Gasteiger partial charge in [-0.1, -0.05) is 48.5 Å². The van der Waals surface area contributed by atoms with E-state index in [9.17, 15) is 0 Å². The molecule has 0 saturated heterocycles. The molecule has 2 aromatic carbocycles. The molecule has 0 aliphatic carbocycles. The Labute approximate surface area is 148 Å². The third-order valence-corrected chi connectivity index (χ3v) is 3.89. The van der Waals surface area contributed by atoms with E-state index >= 15 is 0 Å². The van der Waals surface area contributed by atoms with E-state index in [-0.39, 0.29) is 0 Å². The summed E-state index contributed by atoms with van der Waals surface area (Å²) in [5, 5.41) is 3.45. The summed E-state index contributed by atoms with van der Waals surface area (Å²) in [6, 6.07) is 18.6. The van der Waals surface area contributed by atoms with Crippen molar-refractivity contribution >= 4 is 5.96 Å². The van der Waals surface area contributed by atoms with E-state index in [1.807, 2.05) is 66.4 Å². The average molecular weight is 333 g/mol. The van der Waals surface area contributed by atoms with Gasteiger partial charge in [-0.3, -0.25) is 0 Å². The SMILES string of the molecule is CN(C)C(=NCc1ccccc1)NCc1ccccc1-n1ccnc1. The molecular formula is C20H23N5. The molecule has 3 aromatic rings. The van der Waals surface area contributed by atoms with Crippen molar-refractivity contribution in [2.24, 2.45) is 4.99 Å². The molecule has 5 nitrogen and oxygen atoms in total. The fourth-order valence-corrected chi connectivity index (χ4v) is 2.59. The standard InChI is InChI=1S/C20H23N5/c1-24(2)20(22-14-17-8-4-3-5-9-17)23-15-18-10-6-7-11-19(18)25-13-12-21-16-25/h3-13,16H,14-15H2,1-2H3,(H,22,23). The molecule has 0 bridgehead atoms. The van der Waals surface area contributed by atoms with Gasteiger partial charge in [0.25, 0.3) is 0 Å². The van der Waals surface area contributed by atoms with Crippen molar-refractivity contribution in [1.82, 2.24) is 19.8 Å². The molecule has 3 rings (SSSR count). The average Bonchev–Trinajstić information content (AvgIpc) is 3.17. The van der Waals surface area contributed by atoms with Crippen molar-refractivity contribution < 1.29 is 0 Å². The molecule has 0 amide bonds. The molecule has 0 unspecified atom stereocenters. The summed E-state index contributed by atoms with van der Waals surface area (Å²) in [6.07, 6.45) is 5.56. The van der Waals surface area contributed by atoms with Crippen LogP contribution >= 0.6 is 0 Å². The Morgan fingerprint density at radius 2 is 1.84 bits per heavy atom. The number of benzene rings is 2. The predicted octanol–water partition coefficient (Wildman–Crippen LogP) is 3.08. The van der Waals surface area contributed by atoms with Crippen LogP contribution in [0.25, 0.3) is 5.69 Å². The van der Waals surface area contributed by atoms with Crippen LogP contribution in [-0.4, -0.2) is 34.5 Å². The maximum absolute atomic E-state index is 4.71. The number of hydrogen-bond donors (Lipinski definition) is 1. The lowest BCUT2D eigenvalue weighted by atomic mass is 10.1. The van der Waals surface area contributed by atoms with Crippen LogP contribution in [0, 0.1) is 0 Å². The minimum absolute atomic E-state index is 0.657. The third-order valence-electron chi connectivity index (χ3n) is 3.89. The fraction of sp³-hybridized carbons (Fsp3) is 0.200. The van der Waals surface area contributed by atoms with Gasteiger partial charge in [-0.25, -0.2) is 9.98 Å². The summed E-state index contributed by atoms with van der Waals surface area (Å²) in [5.41, 5.74) is 3.51. The number of aliphatic imine (C=N–C) groups is 1. The molecular weight excluding hydrogens is 310 g/mol. The Kier molecular flexibility index (Phi) is 5.46. The summed E-state index contributed by atoms with van der Waals surface area (Å²) in [4.78, 5) is 10.9. The summed E-state index contributed by atoms with van der Waals surface area (Å²) >= 11 is 0. The van der Waals surface area contributed by atoms with Crippen molar-refractivity contribution in [3.8, 4) is 5.69 Å². The van der Waals surface area contributed by atoms with Crippen LogP contribution in [-0.2, 0) is 13.1 Å². The van der Waals surface area contributed by atoms with Crippen LogP contribution in [0.5, 0.6) is 0 Å². The van der Waals surface area contributed by atoms with E-state index in [0.717, 1.165) is 11.6 Å². The Morgan fingerprint density at radius 3 is 2.56 bits per heavy atom. The highest BCUT2D eigenvalue weighted by atomic mass is 15.3. The molecule has 0 aliphatic heterocycles. The number of aromatic nitrogens is 2. The molecule has 0 saturated carbocycles. The van der Waals surface area contributed by atoms with Crippen LogP contribution in [0.4, 0.5) is 0 Å². The molecule has 1 N–H and O–H groups in total. The molecule has 5 heteroatoms. The largest absolute Gasteiger partial charge is 0.352 e. The van der Waals surface area contributed by atoms with E-state index in [1.54, 1.807) is 6.20 Å². The summed E-state index contributed by atoms with van der Waals surface area (Å²) < 4.78 is 2.02. The van der Waals surface area contributed by atoms with Gasteiger partial charge in [-0.15, -0.1) is 0 Å². The van der Waals surface area contributed by atoms with Gasteiger partial charge in [-0.2, -0.15) is 0 Å². The molecule has 25 heavy (non-hydrogen) atoms. The number of nitrogens with zero attached hydrogens (tertiary/aromatic N) is 4. The summed E-state index contributed by atoms with van der Waals surface area (Å²) in [6.45, 7) is 1.35. The lowest BCUT2D eigenvalue weighted by Crippen LogP contribution is -2.36. The topological polar surface area (TPSA) is 45.5 Å². The van der Waals surface area contributed by atoms with Gasteiger partial charge in [0.05, 0.1) is 18.6 Å². The van der Waals surface area contributed by atoms with Gasteiger partial charge in [-0.05, 0) is 17.2 Å². The van der Waals surface area contributed by atoms with E-state index in [0.29, 0.717) is 13.1 Å². The second-order valence-corrected chi connectivity index (χ2v) is 5.97. The highest BCUT2D eigenvalue weighted by Crippen LogP contribution is 2.14. The van der Waals surface area contributed by atoms with Crippen LogP contribution in [0.3, 0.4) is 0 Å². The Morgan fingerprint density at radius 1 is 1.08 bits per heavy atom. The van der Waals surface area contributed by atoms with E-state index in [2.05, 4.69) is 34.6 Å². The monoisotopic (exact) mass is 333 g/mol. The first-order chi connectivity index (χ1) is 12.2. The predicted molar refractivity (Wildman–Crippen MR) is 102 cm³/mol. The smallest absolute Gasteiger partial charge is 0.194 e. The van der Waals surface area contributed by atoms with Crippen LogP contribution in [0.2, 0.25) is 0 Å². The minimum Gasteiger partial charge on any atom is -0.352 e. The van der Waals surface area contributed by atoms with Crippen molar-refractivity contribution in [3.63, 3.8) is 0 Å². The number of guanidine groups is 1. The minimum atomic E-state index is 0.657. The third kappa shape index (κ3) is 4.47. The van der Waals surface area contributed by atoms with Gasteiger partial charge in [0.1, 0.15) is 0 Å². The lowest BCUT2D eigenvalue weighted by molar-refractivity contribution is 0.578. The quantitative estimate of drug-likeness (QED) is 0.576. The van der Waals surface area contributed by atoms with Gasteiger partial charge in [0.15, 0.2) is 5.96 Å². The molecule has 1 heterocycles. The Balaban J connectivity index is 1.72. The van der Waals surface area contributed by atoms with Crippen molar-refractivity contribution in [3.05, 3.63) is 84.4 Å². The van der Waals surface area contributed by atoms with Crippen molar-refractivity contribution in [2.45, 2.75) is 13.1 Å². The van der Waals surface area contributed by atoms with Crippen LogP contribution in [0.1, 0.15) is 11.1 Å². The summed E-state index contributed by atoms with van der Waals surface area (Å²) in [5.74, 6) is 0.865. The van der Waals surface area contributed by atoms with E-state index < -0.39 is 0 Å². The van der Waals surface area contributed by atoms with E-state index in [1.165, 1.54) is 11.1 Å². The molecule has 0 radical (unpaired) electrons. The van der Waals surface area contributed by atoms with Gasteiger partial charge >= 0.3 is 0 Å². The zero-order chi connectivity index (χ0) is 17.5. The van der Waals surface area contributed by atoms with Crippen LogP contribution in [0.15, 0.2) is 78.3 Å². The number of rotatable bonds is 5. The maximum Gasteiger partial charge on any atom is 0.194 e. The first kappa shape index (κ1) is 16.8. The number of imidazole rings is 1. The number of hydrogen-bond acceptors (Lipinski definition) is 2. The zero-order valence-electron chi connectivity index (χ0n) is 14.6. The second-order valence-electron chi connectivity index (χ2n) is 5.97. The first-order valence-electron chi connectivity index (χ1n) is 8.30. The zero-order valence-corrected chi connectivity index (χ0v) is 14.6. The molecule has 0 spiro atoms. The van der Waals surface area contributed by atoms with Crippen LogP contribution < -0.4 is 5.32 Å². The van der Waals surface area contributed by atoms with Gasteiger partial charge < -0.3 is 14.8 Å². The lowest BCUT2D eigenvalue weighted by Gasteiger charge is -2.19. The van der Waals surface area contributed by atoms with Gasteiger partial charge in [0, 0.05) is 33.0 Å². The van der Waals surface area contributed by atoms with Crippen molar-refractivity contribution in [1.29, 1.82) is 0 Å². The molecule has 0 atom stereocenters. The molecule has 1 aromatic heterocycles. The fourth-order valence-electron chi connectivity index (χ4n) is 2.59. The Bertz CT molecular complexity index is 807. The normalized spacial score (nSPS) is 11.4. The Hall–Kier alpha value is -3.08. The molecule has 0 aliphatic rings. The van der Waals surface area contributed by atoms with Crippen molar-refractivity contribution in [2.75, 3.05) is 14.1 Å². The van der Waals surface area contributed by atoms with Gasteiger partial charge in [0.2, 0.25) is 0 Å². The number of nitrogens with one attached hydrogen (secondary N) is 1. The summed E-state index contributed by atoms with van der Waals surface area (Å²) in [7, 11) is 4.00. The van der Waals surface area contributed by atoms with E-state index in [4.69, 9.17) is 4.99 Å².